The molecule has 1 aromatic rings. The van der Waals surface area contributed by atoms with Crippen molar-refractivity contribution in [2.45, 2.75) is 38.5 Å². The molecule has 1 N–H and O–H groups in total. The largest absolute Gasteiger partial charge is 0.455 e. The van der Waals surface area contributed by atoms with Gasteiger partial charge in [0.05, 0.1) is 17.4 Å². The molecule has 2 rings (SSSR count). The summed E-state index contributed by atoms with van der Waals surface area (Å²) in [5.41, 5.74) is 2.45. The van der Waals surface area contributed by atoms with Crippen LogP contribution in [-0.4, -0.2) is 50.8 Å². The van der Waals surface area contributed by atoms with Crippen LogP contribution in [-0.2, 0) is 24.3 Å². The van der Waals surface area contributed by atoms with Gasteiger partial charge in [0.25, 0.3) is 5.91 Å². The molecule has 0 atom stereocenters. The average Bonchev–Trinajstić information content (AvgIpc) is 2.63. The molecule has 1 aromatic carbocycles. The summed E-state index contributed by atoms with van der Waals surface area (Å²) in [4.78, 5) is 23.9. The molecule has 0 radical (unpaired) electrons. The zero-order valence-corrected chi connectivity index (χ0v) is 17.3. The van der Waals surface area contributed by atoms with Crippen LogP contribution in [0.5, 0.6) is 0 Å². The number of aryl methyl sites for hydroxylation is 3. The first kappa shape index (κ1) is 21.9. The number of ether oxygens (including phenoxy) is 1. The Labute approximate surface area is 166 Å². The fraction of sp³-hybridized carbons (Fsp3) is 0.500. The smallest absolute Gasteiger partial charge is 0.309 e. The molecule has 0 bridgehead atoms. The lowest BCUT2D eigenvalue weighted by Crippen LogP contribution is -2.41. The van der Waals surface area contributed by atoms with Crippen LogP contribution in [0.4, 0.5) is 0 Å². The first-order chi connectivity index (χ1) is 13.2. The number of nitrogens with one attached hydrogen (secondary N) is 1. The van der Waals surface area contributed by atoms with E-state index in [0.29, 0.717) is 17.7 Å². The van der Waals surface area contributed by atoms with Crippen molar-refractivity contribution < 1.29 is 22.7 Å². The van der Waals surface area contributed by atoms with Gasteiger partial charge in [0.15, 0.2) is 6.61 Å². The molecule has 0 aromatic heterocycles. The molecule has 1 aliphatic heterocycles. The van der Waals surface area contributed by atoms with Gasteiger partial charge in [-0.2, -0.15) is 4.31 Å². The van der Waals surface area contributed by atoms with E-state index >= 15 is 0 Å². The normalized spacial score (nSPS) is 15.6. The summed E-state index contributed by atoms with van der Waals surface area (Å²) >= 11 is 0. The van der Waals surface area contributed by atoms with E-state index < -0.39 is 27.8 Å². The summed E-state index contributed by atoms with van der Waals surface area (Å²) in [5.74, 6) is 0.882. The van der Waals surface area contributed by atoms with E-state index in [-0.39, 0.29) is 26.2 Å². The number of hydrogen-bond donors (Lipinski definition) is 1. The van der Waals surface area contributed by atoms with Gasteiger partial charge in [-0.3, -0.25) is 9.59 Å². The Morgan fingerprint density at radius 2 is 1.79 bits per heavy atom. The van der Waals surface area contributed by atoms with Crippen molar-refractivity contribution in [3.8, 4) is 12.3 Å². The van der Waals surface area contributed by atoms with Gasteiger partial charge >= 0.3 is 5.97 Å². The van der Waals surface area contributed by atoms with Crippen molar-refractivity contribution in [1.29, 1.82) is 0 Å². The predicted molar refractivity (Wildman–Crippen MR) is 105 cm³/mol. The molecule has 1 fully saturated rings. The molecule has 8 heteroatoms. The quantitative estimate of drug-likeness (QED) is 0.568. The first-order valence-electron chi connectivity index (χ1n) is 9.11. The number of esters is 1. The van der Waals surface area contributed by atoms with Crippen LogP contribution in [0.15, 0.2) is 17.0 Å². The van der Waals surface area contributed by atoms with Crippen molar-refractivity contribution in [2.75, 3.05) is 26.2 Å². The third-order valence-corrected chi connectivity index (χ3v) is 6.93. The Hall–Kier alpha value is -2.37. The molecule has 0 unspecified atom stereocenters. The molecule has 28 heavy (non-hydrogen) atoms. The van der Waals surface area contributed by atoms with E-state index in [1.807, 2.05) is 19.1 Å². The topological polar surface area (TPSA) is 92.8 Å². The minimum Gasteiger partial charge on any atom is -0.455 e. The van der Waals surface area contributed by atoms with E-state index in [1.54, 1.807) is 13.8 Å². The second-order valence-electron chi connectivity index (χ2n) is 6.99. The number of piperidine rings is 1. The lowest BCUT2D eigenvalue weighted by atomic mass is 9.98. The summed E-state index contributed by atoms with van der Waals surface area (Å²) in [7, 11) is -3.63. The maximum absolute atomic E-state index is 13.1. The minimum atomic E-state index is -3.63. The van der Waals surface area contributed by atoms with E-state index in [0.717, 1.165) is 16.7 Å². The average molecular weight is 407 g/mol. The third kappa shape index (κ3) is 5.12. The van der Waals surface area contributed by atoms with Crippen molar-refractivity contribution in [2.24, 2.45) is 5.92 Å². The Balaban J connectivity index is 1.97. The molecule has 0 saturated carbocycles. The molecule has 7 nitrogen and oxygen atoms in total. The number of rotatable bonds is 6. The Morgan fingerprint density at radius 1 is 1.21 bits per heavy atom. The monoisotopic (exact) mass is 406 g/mol. The van der Waals surface area contributed by atoms with Crippen molar-refractivity contribution >= 4 is 21.9 Å². The Morgan fingerprint density at radius 3 is 2.32 bits per heavy atom. The van der Waals surface area contributed by atoms with Gasteiger partial charge in [-0.25, -0.2) is 8.42 Å². The number of hydrogen-bond acceptors (Lipinski definition) is 5. The molecule has 152 valence electrons. The number of carbonyl (C=O) groups is 2. The third-order valence-electron chi connectivity index (χ3n) is 4.72. The summed E-state index contributed by atoms with van der Waals surface area (Å²) in [6.07, 6.45) is 5.75. The second-order valence-corrected chi connectivity index (χ2v) is 8.87. The number of terminal acetylenes is 1. The second kappa shape index (κ2) is 9.22. The Kier molecular flexibility index (Phi) is 7.22. The van der Waals surface area contributed by atoms with Crippen LogP contribution in [0, 0.1) is 39.0 Å². The van der Waals surface area contributed by atoms with Crippen LogP contribution >= 0.6 is 0 Å². The summed E-state index contributed by atoms with van der Waals surface area (Å²) in [5, 5.41) is 2.41. The molecular formula is C20H26N2O5S. The maximum atomic E-state index is 13.1. The summed E-state index contributed by atoms with van der Waals surface area (Å²) in [6, 6.07) is 3.71. The van der Waals surface area contributed by atoms with Gasteiger partial charge in [0.1, 0.15) is 0 Å². The lowest BCUT2D eigenvalue weighted by molar-refractivity contribution is -0.153. The standard InChI is InChI=1S/C20H26N2O5S/c1-5-8-21-18(23)13-27-20(24)17-6-9-22(10-7-17)28(25,26)19-15(3)11-14(2)12-16(19)4/h1,11-12,17H,6-10,13H2,2-4H3,(H,21,23). The van der Waals surface area contributed by atoms with Gasteiger partial charge < -0.3 is 10.1 Å². The van der Waals surface area contributed by atoms with Crippen LogP contribution < -0.4 is 5.32 Å². The summed E-state index contributed by atoms with van der Waals surface area (Å²) in [6.45, 7) is 5.67. The van der Waals surface area contributed by atoms with Gasteiger partial charge in [0.2, 0.25) is 10.0 Å². The van der Waals surface area contributed by atoms with Crippen molar-refractivity contribution in [3.63, 3.8) is 0 Å². The van der Waals surface area contributed by atoms with Crippen molar-refractivity contribution in [1.82, 2.24) is 9.62 Å². The molecular weight excluding hydrogens is 380 g/mol. The lowest BCUT2D eigenvalue weighted by Gasteiger charge is -2.31. The molecule has 1 saturated heterocycles. The van der Waals surface area contributed by atoms with E-state index in [2.05, 4.69) is 11.2 Å². The van der Waals surface area contributed by atoms with E-state index in [4.69, 9.17) is 11.2 Å². The zero-order chi connectivity index (χ0) is 20.9. The molecule has 1 amide bonds. The van der Waals surface area contributed by atoms with Crippen molar-refractivity contribution in [3.05, 3.63) is 28.8 Å². The maximum Gasteiger partial charge on any atom is 0.309 e. The number of amides is 1. The zero-order valence-electron chi connectivity index (χ0n) is 16.4. The van der Waals surface area contributed by atoms with Crippen LogP contribution in [0.1, 0.15) is 29.5 Å². The summed E-state index contributed by atoms with van der Waals surface area (Å²) < 4.78 is 32.6. The highest BCUT2D eigenvalue weighted by molar-refractivity contribution is 7.89. The van der Waals surface area contributed by atoms with Crippen LogP contribution in [0.25, 0.3) is 0 Å². The van der Waals surface area contributed by atoms with Gasteiger partial charge in [-0.15, -0.1) is 6.42 Å². The van der Waals surface area contributed by atoms with Gasteiger partial charge in [-0.1, -0.05) is 23.6 Å². The Bertz CT molecular complexity index is 871. The molecule has 1 aliphatic rings. The number of benzene rings is 1. The predicted octanol–water partition coefficient (Wildman–Crippen LogP) is 1.31. The fourth-order valence-electron chi connectivity index (χ4n) is 3.49. The SMILES string of the molecule is C#CCNC(=O)COC(=O)C1CCN(S(=O)(=O)c2c(C)cc(C)cc2C)CC1. The van der Waals surface area contributed by atoms with Crippen LogP contribution in [0.3, 0.4) is 0 Å². The highest BCUT2D eigenvalue weighted by Crippen LogP contribution is 2.29. The van der Waals surface area contributed by atoms with Gasteiger partial charge in [-0.05, 0) is 44.7 Å². The van der Waals surface area contributed by atoms with Crippen LogP contribution in [0.2, 0.25) is 0 Å². The number of sulfonamides is 1. The number of carbonyl (C=O) groups excluding carboxylic acids is 2. The molecule has 0 spiro atoms. The van der Waals surface area contributed by atoms with Gasteiger partial charge in [0, 0.05) is 13.1 Å². The molecule has 1 heterocycles. The first-order valence-corrected chi connectivity index (χ1v) is 10.6. The number of nitrogens with zero attached hydrogens (tertiary/aromatic N) is 1. The molecule has 0 aliphatic carbocycles. The fourth-order valence-corrected chi connectivity index (χ4v) is 5.37. The minimum absolute atomic E-state index is 0.0739. The van der Waals surface area contributed by atoms with E-state index in [1.165, 1.54) is 4.31 Å². The highest BCUT2D eigenvalue weighted by atomic mass is 32.2. The highest BCUT2D eigenvalue weighted by Gasteiger charge is 2.34. The van der Waals surface area contributed by atoms with E-state index in [9.17, 15) is 18.0 Å².